The normalized spacial score (nSPS) is 21.6. The maximum absolute atomic E-state index is 13.1. The van der Waals surface area contributed by atoms with Crippen LogP contribution in [-0.2, 0) is 14.4 Å². The van der Waals surface area contributed by atoms with Crippen molar-refractivity contribution in [1.29, 1.82) is 0 Å². The van der Waals surface area contributed by atoms with E-state index in [2.05, 4.69) is 5.32 Å². The highest BCUT2D eigenvalue weighted by molar-refractivity contribution is 7.99. The lowest BCUT2D eigenvalue weighted by molar-refractivity contribution is -0.151. The number of nitrogens with zero attached hydrogens (tertiary/aromatic N) is 1. The van der Waals surface area contributed by atoms with Gasteiger partial charge in [-0.05, 0) is 11.5 Å². The number of hydrogen-bond donors (Lipinski definition) is 2. The topological polar surface area (TPSA) is 86.7 Å². The third-order valence-electron chi connectivity index (χ3n) is 3.92. The third-order valence-corrected chi connectivity index (χ3v) is 5.24. The molecule has 6 nitrogen and oxygen atoms in total. The molecule has 1 aliphatic rings. The zero-order valence-electron chi connectivity index (χ0n) is 13.9. The van der Waals surface area contributed by atoms with Crippen LogP contribution in [0.3, 0.4) is 0 Å². The van der Waals surface area contributed by atoms with Crippen LogP contribution in [-0.4, -0.2) is 45.6 Å². The summed E-state index contributed by atoms with van der Waals surface area (Å²) < 4.78 is 0. The van der Waals surface area contributed by atoms with Gasteiger partial charge in [-0.15, -0.1) is 11.8 Å². The van der Waals surface area contributed by atoms with Crippen molar-refractivity contribution in [1.82, 2.24) is 10.2 Å². The molecular weight excluding hydrogens is 328 g/mol. The predicted molar refractivity (Wildman–Crippen MR) is 92.4 cm³/mol. The lowest BCUT2D eigenvalue weighted by Crippen LogP contribution is -2.54. The molecule has 2 N–H and O–H groups in total. The molecule has 0 bridgehead atoms. The molecule has 1 aromatic carbocycles. The van der Waals surface area contributed by atoms with Crippen molar-refractivity contribution in [3.8, 4) is 0 Å². The number of rotatable bonds is 5. The molecular formula is C17H22N2O4S. The molecule has 2 amide bonds. The fourth-order valence-electron chi connectivity index (χ4n) is 2.73. The van der Waals surface area contributed by atoms with Gasteiger partial charge in [0.1, 0.15) is 17.5 Å². The molecule has 2 rings (SSSR count). The van der Waals surface area contributed by atoms with Crippen LogP contribution in [0.2, 0.25) is 0 Å². The summed E-state index contributed by atoms with van der Waals surface area (Å²) in [6, 6.07) is 7.71. The van der Waals surface area contributed by atoms with E-state index in [1.54, 1.807) is 0 Å². The Kier molecular flexibility index (Phi) is 5.88. The number of hydrogen-bond acceptors (Lipinski definition) is 4. The van der Waals surface area contributed by atoms with E-state index in [0.717, 1.165) is 5.56 Å². The molecule has 1 aliphatic heterocycles. The number of nitrogens with one attached hydrogen (secondary N) is 1. The first kappa shape index (κ1) is 18.3. The molecule has 0 spiro atoms. The predicted octanol–water partition coefficient (Wildman–Crippen LogP) is 1.87. The SMILES string of the molecule is CC(=O)N[C@H](C(=O)N1C(c2ccccc2)SC[C@H]1C(=O)O)C(C)C. The zero-order chi connectivity index (χ0) is 17.9. The van der Waals surface area contributed by atoms with Crippen LogP contribution in [0.15, 0.2) is 30.3 Å². The minimum absolute atomic E-state index is 0.141. The van der Waals surface area contributed by atoms with E-state index in [-0.39, 0.29) is 23.1 Å². The minimum atomic E-state index is -1.03. The van der Waals surface area contributed by atoms with Gasteiger partial charge >= 0.3 is 5.97 Å². The molecule has 0 radical (unpaired) electrons. The van der Waals surface area contributed by atoms with Crippen molar-refractivity contribution in [3.63, 3.8) is 0 Å². The third kappa shape index (κ3) is 3.90. The number of thioether (sulfide) groups is 1. The highest BCUT2D eigenvalue weighted by atomic mass is 32.2. The number of carbonyl (C=O) groups is 3. The van der Waals surface area contributed by atoms with E-state index in [1.807, 2.05) is 44.2 Å². The average Bonchev–Trinajstić information content (AvgIpc) is 2.97. The quantitative estimate of drug-likeness (QED) is 0.847. The van der Waals surface area contributed by atoms with E-state index in [4.69, 9.17) is 0 Å². The monoisotopic (exact) mass is 350 g/mol. The maximum Gasteiger partial charge on any atom is 0.327 e. The fourth-order valence-corrected chi connectivity index (χ4v) is 4.16. The molecule has 1 aromatic rings. The number of aliphatic carboxylic acids is 1. The van der Waals surface area contributed by atoms with Crippen molar-refractivity contribution in [2.24, 2.45) is 5.92 Å². The molecule has 1 heterocycles. The number of benzene rings is 1. The van der Waals surface area contributed by atoms with Crippen LogP contribution in [0.25, 0.3) is 0 Å². The van der Waals surface area contributed by atoms with Crippen molar-refractivity contribution in [2.45, 2.75) is 38.2 Å². The Balaban J connectivity index is 2.36. The summed E-state index contributed by atoms with van der Waals surface area (Å²) in [7, 11) is 0. The molecule has 24 heavy (non-hydrogen) atoms. The molecule has 1 unspecified atom stereocenters. The first-order chi connectivity index (χ1) is 11.3. The summed E-state index contributed by atoms with van der Waals surface area (Å²) in [6.07, 6.45) is 0. The van der Waals surface area contributed by atoms with E-state index in [0.29, 0.717) is 5.75 Å². The van der Waals surface area contributed by atoms with Crippen molar-refractivity contribution in [2.75, 3.05) is 5.75 Å². The van der Waals surface area contributed by atoms with Crippen LogP contribution < -0.4 is 5.32 Å². The summed E-state index contributed by atoms with van der Waals surface area (Å²) >= 11 is 1.43. The highest BCUT2D eigenvalue weighted by Crippen LogP contribution is 2.42. The lowest BCUT2D eigenvalue weighted by Gasteiger charge is -2.32. The number of carboxylic acid groups (broad SMARTS) is 1. The van der Waals surface area contributed by atoms with Crippen molar-refractivity contribution in [3.05, 3.63) is 35.9 Å². The molecule has 0 aliphatic carbocycles. The van der Waals surface area contributed by atoms with Gasteiger partial charge in [-0.2, -0.15) is 0 Å². The minimum Gasteiger partial charge on any atom is -0.480 e. The van der Waals surface area contributed by atoms with E-state index < -0.39 is 18.1 Å². The van der Waals surface area contributed by atoms with E-state index in [9.17, 15) is 19.5 Å². The van der Waals surface area contributed by atoms with Gasteiger partial charge in [0.05, 0.1) is 0 Å². The average molecular weight is 350 g/mol. The van der Waals surface area contributed by atoms with Gasteiger partial charge < -0.3 is 15.3 Å². The second-order valence-electron chi connectivity index (χ2n) is 6.12. The van der Waals surface area contributed by atoms with Gasteiger partial charge in [0.25, 0.3) is 0 Å². The highest BCUT2D eigenvalue weighted by Gasteiger charge is 2.45. The number of amides is 2. The van der Waals surface area contributed by atoms with Crippen LogP contribution in [0.4, 0.5) is 0 Å². The summed E-state index contributed by atoms with van der Waals surface area (Å²) in [5.41, 5.74) is 0.880. The molecule has 0 saturated carbocycles. The van der Waals surface area contributed by atoms with Gasteiger partial charge in [-0.25, -0.2) is 4.79 Å². The molecule has 1 saturated heterocycles. The Hall–Kier alpha value is -2.02. The maximum atomic E-state index is 13.1. The van der Waals surface area contributed by atoms with Crippen LogP contribution in [0.1, 0.15) is 31.7 Å². The van der Waals surface area contributed by atoms with Gasteiger partial charge in [0, 0.05) is 12.7 Å². The molecule has 130 valence electrons. The Morgan fingerprint density at radius 1 is 1.25 bits per heavy atom. The Morgan fingerprint density at radius 3 is 2.38 bits per heavy atom. The van der Waals surface area contributed by atoms with Crippen molar-refractivity contribution < 1.29 is 19.5 Å². The first-order valence-electron chi connectivity index (χ1n) is 7.81. The number of carbonyl (C=O) groups excluding carboxylic acids is 2. The summed E-state index contributed by atoms with van der Waals surface area (Å²) in [5, 5.41) is 11.8. The summed E-state index contributed by atoms with van der Waals surface area (Å²) in [5.74, 6) is -1.51. The summed E-state index contributed by atoms with van der Waals surface area (Å²) in [4.78, 5) is 37.5. The standard InChI is InChI=1S/C17H22N2O4S/c1-10(2)14(18-11(3)20)15(21)19-13(17(22)23)9-24-16(19)12-7-5-4-6-8-12/h4-8,10,13-14,16H,9H2,1-3H3,(H,18,20)(H,22,23)/t13-,14-,16?/m0/s1. The fraction of sp³-hybridized carbons (Fsp3) is 0.471. The number of carboxylic acids is 1. The van der Waals surface area contributed by atoms with Crippen LogP contribution in [0, 0.1) is 5.92 Å². The second kappa shape index (κ2) is 7.70. The largest absolute Gasteiger partial charge is 0.480 e. The van der Waals surface area contributed by atoms with E-state index in [1.165, 1.54) is 23.6 Å². The van der Waals surface area contributed by atoms with Gasteiger partial charge in [-0.3, -0.25) is 9.59 Å². The summed E-state index contributed by atoms with van der Waals surface area (Å²) in [6.45, 7) is 5.01. The van der Waals surface area contributed by atoms with Crippen molar-refractivity contribution >= 4 is 29.5 Å². The lowest BCUT2D eigenvalue weighted by atomic mass is 10.0. The van der Waals surface area contributed by atoms with Crippen LogP contribution >= 0.6 is 11.8 Å². The first-order valence-corrected chi connectivity index (χ1v) is 8.86. The Bertz CT molecular complexity index is 620. The van der Waals surface area contributed by atoms with Crippen LogP contribution in [0.5, 0.6) is 0 Å². The Labute approximate surface area is 145 Å². The van der Waals surface area contributed by atoms with Gasteiger partial charge in [-0.1, -0.05) is 44.2 Å². The van der Waals surface area contributed by atoms with Gasteiger partial charge in [0.15, 0.2) is 0 Å². The Morgan fingerprint density at radius 2 is 1.88 bits per heavy atom. The second-order valence-corrected chi connectivity index (χ2v) is 7.23. The smallest absolute Gasteiger partial charge is 0.327 e. The molecule has 1 fully saturated rings. The van der Waals surface area contributed by atoms with Gasteiger partial charge in [0.2, 0.25) is 11.8 Å². The molecule has 3 atom stereocenters. The molecule has 7 heteroatoms. The zero-order valence-corrected chi connectivity index (χ0v) is 14.7. The molecule has 0 aromatic heterocycles. The van der Waals surface area contributed by atoms with E-state index >= 15 is 0 Å².